The van der Waals surface area contributed by atoms with Crippen LogP contribution in [0.1, 0.15) is 42.2 Å². The van der Waals surface area contributed by atoms with E-state index in [2.05, 4.69) is 10.4 Å². The van der Waals surface area contributed by atoms with Crippen LogP contribution in [0.5, 0.6) is 5.75 Å². The van der Waals surface area contributed by atoms with Crippen LogP contribution in [0.4, 0.5) is 13.2 Å². The van der Waals surface area contributed by atoms with Crippen molar-refractivity contribution in [1.82, 2.24) is 15.1 Å². The third-order valence-corrected chi connectivity index (χ3v) is 7.21. The standard InChI is InChI=1S/C31H20Cl2F3N3O5/c1-37-28(40)17-5-2-4-16(12-17)15-44-25-13-18(30(42)43)8-10-20(25)27-21-14-19(32)9-11-24(21)39(38-27)29(41)26-22(31(34,35)36)6-3-7-23(26)33/h2-14H,15H2,1H3,(H,37,40)(H,42,43). The molecule has 0 spiro atoms. The van der Waals surface area contributed by atoms with Crippen molar-refractivity contribution in [2.75, 3.05) is 7.05 Å². The van der Waals surface area contributed by atoms with E-state index in [4.69, 9.17) is 27.9 Å². The Labute approximate surface area is 257 Å². The number of fused-ring (bicyclic) bond motifs is 1. The van der Waals surface area contributed by atoms with Crippen molar-refractivity contribution in [3.05, 3.63) is 117 Å². The molecular weight excluding hydrogens is 622 g/mol. The van der Waals surface area contributed by atoms with E-state index in [9.17, 15) is 32.7 Å². The van der Waals surface area contributed by atoms with Crippen LogP contribution >= 0.6 is 23.2 Å². The second kappa shape index (κ2) is 12.0. The summed E-state index contributed by atoms with van der Waals surface area (Å²) in [5.74, 6) is -2.65. The first-order valence-corrected chi connectivity index (χ1v) is 13.5. The van der Waals surface area contributed by atoms with Gasteiger partial charge in [0.25, 0.3) is 11.8 Å². The molecule has 0 saturated heterocycles. The third-order valence-electron chi connectivity index (χ3n) is 6.66. The van der Waals surface area contributed by atoms with Gasteiger partial charge < -0.3 is 15.2 Å². The molecule has 5 aromatic rings. The molecule has 1 amide bonds. The minimum Gasteiger partial charge on any atom is -0.488 e. The minimum absolute atomic E-state index is 0.0444. The highest BCUT2D eigenvalue weighted by Crippen LogP contribution is 2.39. The number of halogens is 5. The second-order valence-corrected chi connectivity index (χ2v) is 10.3. The SMILES string of the molecule is CNC(=O)c1cccc(COc2cc(C(=O)O)ccc2-c2nn(C(=O)c3c(Cl)cccc3C(F)(F)F)c3ccc(Cl)cc23)c1. The molecule has 4 aromatic carbocycles. The van der Waals surface area contributed by atoms with Crippen molar-refractivity contribution in [1.29, 1.82) is 0 Å². The molecule has 0 fully saturated rings. The Morgan fingerprint density at radius 3 is 2.41 bits per heavy atom. The molecular formula is C31H20Cl2F3N3O5. The molecule has 0 unspecified atom stereocenters. The van der Waals surface area contributed by atoms with Crippen LogP contribution in [0.3, 0.4) is 0 Å². The number of carbonyl (C=O) groups excluding carboxylic acids is 2. The Hall–Kier alpha value is -4.87. The van der Waals surface area contributed by atoms with E-state index in [1.54, 1.807) is 24.3 Å². The van der Waals surface area contributed by atoms with Gasteiger partial charge in [-0.15, -0.1) is 0 Å². The molecule has 0 saturated carbocycles. The van der Waals surface area contributed by atoms with Crippen LogP contribution in [0.15, 0.2) is 78.9 Å². The summed E-state index contributed by atoms with van der Waals surface area (Å²) in [6.07, 6.45) is -4.88. The van der Waals surface area contributed by atoms with Gasteiger partial charge >= 0.3 is 12.1 Å². The van der Waals surface area contributed by atoms with Crippen molar-refractivity contribution in [2.45, 2.75) is 12.8 Å². The van der Waals surface area contributed by atoms with Gasteiger partial charge in [0, 0.05) is 28.6 Å². The summed E-state index contributed by atoms with van der Waals surface area (Å²) in [6.45, 7) is -0.0895. The largest absolute Gasteiger partial charge is 0.488 e. The molecule has 0 bridgehead atoms. The summed E-state index contributed by atoms with van der Waals surface area (Å²) < 4.78 is 48.4. The van der Waals surface area contributed by atoms with Gasteiger partial charge in [0.1, 0.15) is 18.1 Å². The van der Waals surface area contributed by atoms with Gasteiger partial charge in [-0.1, -0.05) is 41.4 Å². The first-order chi connectivity index (χ1) is 20.9. The first-order valence-electron chi connectivity index (χ1n) is 12.8. The Balaban J connectivity index is 1.65. The fourth-order valence-corrected chi connectivity index (χ4v) is 5.03. The number of hydrogen-bond acceptors (Lipinski definition) is 5. The van der Waals surface area contributed by atoms with Crippen molar-refractivity contribution in [2.24, 2.45) is 0 Å². The number of alkyl halides is 3. The van der Waals surface area contributed by atoms with E-state index in [0.29, 0.717) is 11.1 Å². The average Bonchev–Trinajstić information content (AvgIpc) is 3.37. The van der Waals surface area contributed by atoms with Crippen molar-refractivity contribution >= 4 is 51.9 Å². The van der Waals surface area contributed by atoms with Crippen LogP contribution in [0, 0.1) is 0 Å². The number of rotatable bonds is 7. The van der Waals surface area contributed by atoms with Gasteiger partial charge in [0.2, 0.25) is 0 Å². The van der Waals surface area contributed by atoms with Gasteiger partial charge in [-0.2, -0.15) is 23.0 Å². The van der Waals surface area contributed by atoms with Gasteiger partial charge in [0.15, 0.2) is 0 Å². The highest BCUT2D eigenvalue weighted by Gasteiger charge is 2.37. The quantitative estimate of drug-likeness (QED) is 0.192. The second-order valence-electron chi connectivity index (χ2n) is 9.47. The molecule has 1 heterocycles. The number of benzene rings is 4. The summed E-state index contributed by atoms with van der Waals surface area (Å²) in [6, 6.07) is 17.9. The maximum absolute atomic E-state index is 13.9. The Morgan fingerprint density at radius 1 is 0.955 bits per heavy atom. The third kappa shape index (κ3) is 5.97. The monoisotopic (exact) mass is 641 g/mol. The molecule has 2 N–H and O–H groups in total. The van der Waals surface area contributed by atoms with Crippen molar-refractivity contribution in [3.63, 3.8) is 0 Å². The molecule has 0 aliphatic carbocycles. The Bertz CT molecular complexity index is 1960. The number of aromatic carboxylic acids is 1. The number of ether oxygens (including phenoxy) is 1. The molecule has 0 aliphatic heterocycles. The van der Waals surface area contributed by atoms with Crippen LogP contribution in [0.25, 0.3) is 22.2 Å². The lowest BCUT2D eigenvalue weighted by atomic mass is 10.0. The maximum Gasteiger partial charge on any atom is 0.417 e. The summed E-state index contributed by atoms with van der Waals surface area (Å²) in [5.41, 5.74) is -0.743. The zero-order chi connectivity index (χ0) is 31.8. The average molecular weight is 642 g/mol. The van der Waals surface area contributed by atoms with Gasteiger partial charge in [-0.05, 0) is 66.2 Å². The zero-order valence-corrected chi connectivity index (χ0v) is 24.1. The van der Waals surface area contributed by atoms with E-state index in [0.717, 1.165) is 16.8 Å². The summed E-state index contributed by atoms with van der Waals surface area (Å²) in [4.78, 5) is 37.5. The van der Waals surface area contributed by atoms with Crippen LogP contribution in [0.2, 0.25) is 10.0 Å². The Morgan fingerprint density at radius 2 is 1.70 bits per heavy atom. The van der Waals surface area contributed by atoms with E-state index < -0.39 is 34.2 Å². The fraction of sp³-hybridized carbons (Fsp3) is 0.0968. The number of nitrogens with one attached hydrogen (secondary N) is 1. The molecule has 5 rings (SSSR count). The van der Waals surface area contributed by atoms with E-state index in [1.165, 1.54) is 49.5 Å². The lowest BCUT2D eigenvalue weighted by Gasteiger charge is -2.14. The Kier molecular flexibility index (Phi) is 8.36. The highest BCUT2D eigenvalue weighted by molar-refractivity contribution is 6.34. The smallest absolute Gasteiger partial charge is 0.417 e. The molecule has 13 heteroatoms. The van der Waals surface area contributed by atoms with Gasteiger partial charge in [-0.3, -0.25) is 9.59 Å². The summed E-state index contributed by atoms with van der Waals surface area (Å²) in [7, 11) is 1.49. The molecule has 44 heavy (non-hydrogen) atoms. The van der Waals surface area contributed by atoms with Crippen LogP contribution in [-0.4, -0.2) is 39.7 Å². The lowest BCUT2D eigenvalue weighted by molar-refractivity contribution is -0.137. The molecule has 0 atom stereocenters. The predicted octanol–water partition coefficient (Wildman–Crippen LogP) is 7.35. The zero-order valence-electron chi connectivity index (χ0n) is 22.6. The van der Waals surface area contributed by atoms with E-state index >= 15 is 0 Å². The number of aromatic nitrogens is 2. The minimum atomic E-state index is -4.88. The number of hydrogen-bond donors (Lipinski definition) is 2. The number of amides is 1. The number of nitrogens with zero attached hydrogens (tertiary/aromatic N) is 2. The predicted molar refractivity (Wildman–Crippen MR) is 157 cm³/mol. The van der Waals surface area contributed by atoms with Crippen molar-refractivity contribution < 1.29 is 37.4 Å². The highest BCUT2D eigenvalue weighted by atomic mass is 35.5. The van der Waals surface area contributed by atoms with Gasteiger partial charge in [0.05, 0.1) is 27.2 Å². The number of carbonyl (C=O) groups is 3. The normalized spacial score (nSPS) is 11.4. The van der Waals surface area contributed by atoms with E-state index in [1.807, 2.05) is 0 Å². The molecule has 8 nitrogen and oxygen atoms in total. The van der Waals surface area contributed by atoms with Crippen LogP contribution < -0.4 is 10.1 Å². The van der Waals surface area contributed by atoms with Gasteiger partial charge in [-0.25, -0.2) is 4.79 Å². The molecule has 0 radical (unpaired) electrons. The molecule has 0 aliphatic rings. The number of carboxylic acids is 1. The fourth-order valence-electron chi connectivity index (χ4n) is 4.61. The molecule has 1 aromatic heterocycles. The molecule has 224 valence electrons. The van der Waals surface area contributed by atoms with Crippen LogP contribution in [-0.2, 0) is 12.8 Å². The topological polar surface area (TPSA) is 111 Å². The summed E-state index contributed by atoms with van der Waals surface area (Å²) >= 11 is 12.4. The summed E-state index contributed by atoms with van der Waals surface area (Å²) in [5, 5.41) is 16.6. The first kappa shape index (κ1) is 30.6. The number of carboxylic acid groups (broad SMARTS) is 1. The maximum atomic E-state index is 13.9. The van der Waals surface area contributed by atoms with Crippen molar-refractivity contribution in [3.8, 4) is 17.0 Å². The lowest BCUT2D eigenvalue weighted by Crippen LogP contribution is -2.20. The van der Waals surface area contributed by atoms with E-state index in [-0.39, 0.29) is 51.0 Å².